The second-order valence-corrected chi connectivity index (χ2v) is 9.23. The largest absolute Gasteiger partial charge is 0.342 e. The lowest BCUT2D eigenvalue weighted by molar-refractivity contribution is -0.139. The summed E-state index contributed by atoms with van der Waals surface area (Å²) in [5, 5.41) is 3.56. The second-order valence-electron chi connectivity index (χ2n) is 8.02. The molecule has 2 aliphatic rings. The molecule has 1 N–H and O–H groups in total. The van der Waals surface area contributed by atoms with Gasteiger partial charge in [0, 0.05) is 24.5 Å². The van der Waals surface area contributed by atoms with E-state index in [1.165, 1.54) is 30.6 Å². The summed E-state index contributed by atoms with van der Waals surface area (Å²) in [6.45, 7) is 5.84. The highest BCUT2D eigenvalue weighted by molar-refractivity contribution is 7.15. The number of carbonyl (C=O) groups is 2. The highest BCUT2D eigenvalue weighted by atomic mass is 32.1. The van der Waals surface area contributed by atoms with Gasteiger partial charge in [-0.3, -0.25) is 14.5 Å². The molecule has 0 radical (unpaired) electrons. The van der Waals surface area contributed by atoms with Crippen LogP contribution in [0.3, 0.4) is 0 Å². The summed E-state index contributed by atoms with van der Waals surface area (Å²) in [5.74, 6) is 0.235. The van der Waals surface area contributed by atoms with Crippen LogP contribution in [0.25, 0.3) is 0 Å². The van der Waals surface area contributed by atoms with Crippen molar-refractivity contribution in [2.75, 3.05) is 32.0 Å². The number of nitrogens with zero attached hydrogens (tertiary/aromatic N) is 3. The number of likely N-dealkylation sites (tertiary alicyclic amines) is 1. The van der Waals surface area contributed by atoms with Crippen LogP contribution >= 0.6 is 11.3 Å². The Kier molecular flexibility index (Phi) is 6.87. The fourth-order valence-electron chi connectivity index (χ4n) is 4.23. The summed E-state index contributed by atoms with van der Waals surface area (Å²) in [7, 11) is 1.97. The Labute approximate surface area is 166 Å². The average Bonchev–Trinajstić information content (AvgIpc) is 2.98. The van der Waals surface area contributed by atoms with E-state index < -0.39 is 0 Å². The fraction of sp³-hybridized carbons (Fsp3) is 0.750. The molecule has 2 amide bonds. The summed E-state index contributed by atoms with van der Waals surface area (Å²) in [6, 6.07) is 0.404. The minimum absolute atomic E-state index is 0.0165. The maximum absolute atomic E-state index is 13.0. The molecule has 2 heterocycles. The highest BCUT2D eigenvalue weighted by Crippen LogP contribution is 2.26. The SMILES string of the molecule is Cc1nc(NC(=O)CN2CCCC(C(=O)N(C)C3CCCCC3)C2)sc1C. The number of aryl methyl sites for hydroxylation is 2. The summed E-state index contributed by atoms with van der Waals surface area (Å²) in [4.78, 5) is 34.9. The predicted molar refractivity (Wildman–Crippen MR) is 109 cm³/mol. The molecule has 1 saturated heterocycles. The van der Waals surface area contributed by atoms with Crippen LogP contribution in [-0.4, -0.2) is 59.3 Å². The number of hydrogen-bond donors (Lipinski definition) is 1. The Morgan fingerprint density at radius 1 is 1.19 bits per heavy atom. The molecule has 6 nitrogen and oxygen atoms in total. The van der Waals surface area contributed by atoms with Gasteiger partial charge in [0.05, 0.1) is 18.2 Å². The first kappa shape index (κ1) is 20.3. The Balaban J connectivity index is 1.50. The van der Waals surface area contributed by atoms with Crippen molar-refractivity contribution in [2.24, 2.45) is 5.92 Å². The van der Waals surface area contributed by atoms with Crippen LogP contribution in [0, 0.1) is 19.8 Å². The minimum Gasteiger partial charge on any atom is -0.342 e. The van der Waals surface area contributed by atoms with E-state index in [1.54, 1.807) is 0 Å². The zero-order valence-electron chi connectivity index (χ0n) is 16.8. The average molecular weight is 393 g/mol. The molecule has 1 aromatic rings. The van der Waals surface area contributed by atoms with Gasteiger partial charge in [-0.1, -0.05) is 19.3 Å². The quantitative estimate of drug-likeness (QED) is 0.836. The van der Waals surface area contributed by atoms with Crippen LogP contribution in [-0.2, 0) is 9.59 Å². The molecule has 1 unspecified atom stereocenters. The summed E-state index contributed by atoms with van der Waals surface area (Å²) in [5.41, 5.74) is 0.963. The van der Waals surface area contributed by atoms with Crippen molar-refractivity contribution < 1.29 is 9.59 Å². The van der Waals surface area contributed by atoms with Crippen molar-refractivity contribution >= 4 is 28.3 Å². The number of anilines is 1. The van der Waals surface area contributed by atoms with E-state index in [-0.39, 0.29) is 17.7 Å². The summed E-state index contributed by atoms with van der Waals surface area (Å²) in [6.07, 6.45) is 7.92. The molecule has 1 aliphatic carbocycles. The summed E-state index contributed by atoms with van der Waals surface area (Å²) < 4.78 is 0. The zero-order valence-corrected chi connectivity index (χ0v) is 17.6. The molecule has 1 atom stereocenters. The van der Waals surface area contributed by atoms with E-state index in [4.69, 9.17) is 0 Å². The van der Waals surface area contributed by atoms with E-state index in [0.717, 1.165) is 42.8 Å². The van der Waals surface area contributed by atoms with Crippen molar-refractivity contribution in [1.29, 1.82) is 0 Å². The van der Waals surface area contributed by atoms with Gasteiger partial charge in [-0.25, -0.2) is 4.98 Å². The molecule has 1 aromatic heterocycles. The van der Waals surface area contributed by atoms with Crippen molar-refractivity contribution in [1.82, 2.24) is 14.8 Å². The maximum Gasteiger partial charge on any atom is 0.240 e. The van der Waals surface area contributed by atoms with Crippen LogP contribution in [0.15, 0.2) is 0 Å². The van der Waals surface area contributed by atoms with Crippen LogP contribution in [0.4, 0.5) is 5.13 Å². The predicted octanol–water partition coefficient (Wildman–Crippen LogP) is 3.20. The van der Waals surface area contributed by atoms with Gasteiger partial charge in [-0.15, -0.1) is 11.3 Å². The number of hydrogen-bond acceptors (Lipinski definition) is 5. The number of piperidine rings is 1. The Morgan fingerprint density at radius 2 is 1.93 bits per heavy atom. The van der Waals surface area contributed by atoms with E-state index in [0.29, 0.717) is 24.3 Å². The monoisotopic (exact) mass is 392 g/mol. The zero-order chi connectivity index (χ0) is 19.4. The van der Waals surface area contributed by atoms with E-state index in [9.17, 15) is 9.59 Å². The van der Waals surface area contributed by atoms with E-state index in [2.05, 4.69) is 15.2 Å². The number of rotatable bonds is 5. The molecule has 1 saturated carbocycles. The highest BCUT2D eigenvalue weighted by Gasteiger charge is 2.31. The van der Waals surface area contributed by atoms with Gasteiger partial charge < -0.3 is 10.2 Å². The molecule has 0 spiro atoms. The standard InChI is InChI=1S/C20H32N4O2S/c1-14-15(2)27-20(21-14)22-18(25)13-24-11-7-8-16(12-24)19(26)23(3)17-9-5-4-6-10-17/h16-17H,4-13H2,1-3H3,(H,21,22,25). The first-order valence-corrected chi connectivity index (χ1v) is 11.0. The third-order valence-corrected chi connectivity index (χ3v) is 6.96. The Bertz CT molecular complexity index is 649. The number of amides is 2. The van der Waals surface area contributed by atoms with Crippen molar-refractivity contribution in [3.63, 3.8) is 0 Å². The molecular formula is C20H32N4O2S. The minimum atomic E-state index is -0.0440. The molecule has 0 bridgehead atoms. The lowest BCUT2D eigenvalue weighted by Gasteiger charge is -2.37. The smallest absolute Gasteiger partial charge is 0.240 e. The number of aromatic nitrogens is 1. The number of carbonyl (C=O) groups excluding carboxylic acids is 2. The van der Waals surface area contributed by atoms with Crippen molar-refractivity contribution in [3.8, 4) is 0 Å². The third kappa shape index (κ3) is 5.29. The first-order valence-electron chi connectivity index (χ1n) is 10.2. The number of thiazole rings is 1. The Hall–Kier alpha value is -1.47. The van der Waals surface area contributed by atoms with Gasteiger partial charge in [0.15, 0.2) is 5.13 Å². The van der Waals surface area contributed by atoms with Gasteiger partial charge >= 0.3 is 0 Å². The van der Waals surface area contributed by atoms with Crippen LogP contribution < -0.4 is 5.32 Å². The lowest BCUT2D eigenvalue weighted by atomic mass is 9.91. The summed E-state index contributed by atoms with van der Waals surface area (Å²) >= 11 is 1.51. The van der Waals surface area contributed by atoms with Gasteiger partial charge in [0.25, 0.3) is 0 Å². The molecule has 27 heavy (non-hydrogen) atoms. The molecule has 1 aliphatic heterocycles. The molecule has 0 aromatic carbocycles. The van der Waals surface area contributed by atoms with Gasteiger partial charge in [-0.05, 0) is 46.1 Å². The lowest BCUT2D eigenvalue weighted by Crippen LogP contribution is -2.48. The molecular weight excluding hydrogens is 360 g/mol. The Morgan fingerprint density at radius 3 is 2.59 bits per heavy atom. The maximum atomic E-state index is 13.0. The van der Waals surface area contributed by atoms with Gasteiger partial charge in [-0.2, -0.15) is 0 Å². The van der Waals surface area contributed by atoms with E-state index in [1.807, 2.05) is 25.8 Å². The molecule has 2 fully saturated rings. The van der Waals surface area contributed by atoms with Crippen molar-refractivity contribution in [3.05, 3.63) is 10.6 Å². The van der Waals surface area contributed by atoms with E-state index >= 15 is 0 Å². The van der Waals surface area contributed by atoms with Gasteiger partial charge in [0.2, 0.25) is 11.8 Å². The van der Waals surface area contributed by atoms with Crippen LogP contribution in [0.2, 0.25) is 0 Å². The third-order valence-electron chi connectivity index (χ3n) is 5.97. The molecule has 3 rings (SSSR count). The van der Waals surface area contributed by atoms with Crippen LogP contribution in [0.1, 0.15) is 55.5 Å². The number of nitrogens with one attached hydrogen (secondary N) is 1. The topological polar surface area (TPSA) is 65.5 Å². The molecule has 7 heteroatoms. The van der Waals surface area contributed by atoms with Gasteiger partial charge in [0.1, 0.15) is 0 Å². The molecule has 150 valence electrons. The normalized spacial score (nSPS) is 21.8. The van der Waals surface area contributed by atoms with Crippen molar-refractivity contribution in [2.45, 2.75) is 64.8 Å². The van der Waals surface area contributed by atoms with Crippen LogP contribution in [0.5, 0.6) is 0 Å². The first-order chi connectivity index (χ1) is 12.9. The second kappa shape index (κ2) is 9.15. The fourth-order valence-corrected chi connectivity index (χ4v) is 5.06.